The second-order valence-electron chi connectivity index (χ2n) is 4.45. The third-order valence-electron chi connectivity index (χ3n) is 2.89. The molecule has 0 bridgehead atoms. The first-order chi connectivity index (χ1) is 9.41. The third kappa shape index (κ3) is 3.30. The van der Waals surface area contributed by atoms with Crippen molar-refractivity contribution in [2.45, 2.75) is 25.9 Å². The summed E-state index contributed by atoms with van der Waals surface area (Å²) >= 11 is 5.59. The van der Waals surface area contributed by atoms with Crippen LogP contribution in [0.3, 0.4) is 0 Å². The molecule has 3 nitrogen and oxygen atoms in total. The summed E-state index contributed by atoms with van der Waals surface area (Å²) in [6.07, 6.45) is -1.33. The van der Waals surface area contributed by atoms with Gasteiger partial charge in [-0.15, -0.1) is 16.7 Å². The molecular formula is C13H13ClF3N3. The first-order valence-corrected chi connectivity index (χ1v) is 6.60. The average molecular weight is 304 g/mol. The predicted octanol–water partition coefficient (Wildman–Crippen LogP) is 3.77. The summed E-state index contributed by atoms with van der Waals surface area (Å²) in [5.41, 5.74) is 1.09. The van der Waals surface area contributed by atoms with Crippen molar-refractivity contribution in [3.05, 3.63) is 41.2 Å². The Morgan fingerprint density at radius 1 is 1.30 bits per heavy atom. The van der Waals surface area contributed by atoms with Gasteiger partial charge in [0.05, 0.1) is 23.1 Å². The molecule has 0 N–H and O–H groups in total. The Balaban J connectivity index is 2.34. The Hall–Kier alpha value is -1.56. The minimum Gasteiger partial charge on any atom is -0.220 e. The van der Waals surface area contributed by atoms with Crippen molar-refractivity contribution in [1.29, 1.82) is 0 Å². The van der Waals surface area contributed by atoms with Crippen LogP contribution in [0, 0.1) is 6.92 Å². The van der Waals surface area contributed by atoms with Crippen LogP contribution >= 0.6 is 11.6 Å². The minimum atomic E-state index is -4.37. The molecular weight excluding hydrogens is 291 g/mol. The second kappa shape index (κ2) is 5.83. The van der Waals surface area contributed by atoms with E-state index in [2.05, 4.69) is 10.3 Å². The molecule has 2 aromatic rings. The van der Waals surface area contributed by atoms with E-state index >= 15 is 0 Å². The molecule has 1 aromatic heterocycles. The van der Waals surface area contributed by atoms with Gasteiger partial charge in [-0.25, -0.2) is 4.68 Å². The van der Waals surface area contributed by atoms with E-state index in [4.69, 9.17) is 11.6 Å². The fourth-order valence-corrected chi connectivity index (χ4v) is 1.94. The van der Waals surface area contributed by atoms with E-state index in [1.165, 1.54) is 10.7 Å². The topological polar surface area (TPSA) is 30.7 Å². The highest BCUT2D eigenvalue weighted by Gasteiger charge is 2.31. The molecule has 0 saturated heterocycles. The van der Waals surface area contributed by atoms with Crippen LogP contribution in [0.15, 0.2) is 24.4 Å². The molecule has 108 valence electrons. The number of halogens is 4. The molecule has 0 amide bonds. The minimum absolute atomic E-state index is 0.379. The maximum atomic E-state index is 12.7. The number of aryl methyl sites for hydroxylation is 2. The lowest BCUT2D eigenvalue weighted by Crippen LogP contribution is -2.07. The Morgan fingerprint density at radius 2 is 2.05 bits per heavy atom. The monoisotopic (exact) mass is 303 g/mol. The highest BCUT2D eigenvalue weighted by molar-refractivity contribution is 6.17. The standard InChI is InChI=1S/C13H13ClF3N3/c1-9-4-5-10(13(15,16)17)7-12(9)20-8-11(18-19-20)3-2-6-14/h4-5,7-8H,2-3,6H2,1H3. The van der Waals surface area contributed by atoms with E-state index in [0.29, 0.717) is 29.2 Å². The SMILES string of the molecule is Cc1ccc(C(F)(F)F)cc1-n1cc(CCCCl)nn1. The van der Waals surface area contributed by atoms with Crippen LogP contribution in [0.25, 0.3) is 5.69 Å². The average Bonchev–Trinajstić information content (AvgIpc) is 2.84. The number of hydrogen-bond donors (Lipinski definition) is 0. The summed E-state index contributed by atoms with van der Waals surface area (Å²) in [5.74, 6) is 0.509. The zero-order valence-electron chi connectivity index (χ0n) is 10.8. The van der Waals surface area contributed by atoms with E-state index in [-0.39, 0.29) is 0 Å². The van der Waals surface area contributed by atoms with Crippen LogP contribution < -0.4 is 0 Å². The first-order valence-electron chi connectivity index (χ1n) is 6.07. The van der Waals surface area contributed by atoms with E-state index in [9.17, 15) is 13.2 Å². The number of rotatable bonds is 4. The van der Waals surface area contributed by atoms with Crippen LogP contribution in [0.5, 0.6) is 0 Å². The Morgan fingerprint density at radius 3 is 2.70 bits per heavy atom. The molecule has 1 aromatic carbocycles. The van der Waals surface area contributed by atoms with Crippen molar-refractivity contribution < 1.29 is 13.2 Å². The highest BCUT2D eigenvalue weighted by Crippen LogP contribution is 2.31. The molecule has 0 aliphatic heterocycles. The summed E-state index contributed by atoms with van der Waals surface area (Å²) in [6, 6.07) is 3.57. The number of aromatic nitrogens is 3. The lowest BCUT2D eigenvalue weighted by molar-refractivity contribution is -0.137. The van der Waals surface area contributed by atoms with Crippen LogP contribution in [-0.2, 0) is 12.6 Å². The molecule has 0 radical (unpaired) electrons. The molecule has 2 rings (SSSR count). The molecule has 0 fully saturated rings. The van der Waals surface area contributed by atoms with E-state index < -0.39 is 11.7 Å². The van der Waals surface area contributed by atoms with Crippen LogP contribution in [0.1, 0.15) is 23.2 Å². The summed E-state index contributed by atoms with van der Waals surface area (Å²) in [5, 5.41) is 7.82. The van der Waals surface area contributed by atoms with Gasteiger partial charge in [-0.3, -0.25) is 0 Å². The summed E-state index contributed by atoms with van der Waals surface area (Å²) in [7, 11) is 0. The van der Waals surface area contributed by atoms with Gasteiger partial charge >= 0.3 is 6.18 Å². The van der Waals surface area contributed by atoms with Gasteiger partial charge < -0.3 is 0 Å². The quantitative estimate of drug-likeness (QED) is 0.805. The smallest absolute Gasteiger partial charge is 0.220 e. The molecule has 0 saturated carbocycles. The number of alkyl halides is 4. The van der Waals surface area contributed by atoms with Crippen molar-refractivity contribution in [2.75, 3.05) is 5.88 Å². The van der Waals surface area contributed by atoms with Crippen molar-refractivity contribution in [3.8, 4) is 5.69 Å². The summed E-state index contributed by atoms with van der Waals surface area (Å²) < 4.78 is 39.6. The Bertz CT molecular complexity index is 593. The fourth-order valence-electron chi connectivity index (χ4n) is 1.81. The van der Waals surface area contributed by atoms with Gasteiger partial charge in [0, 0.05) is 5.88 Å². The molecule has 20 heavy (non-hydrogen) atoms. The zero-order valence-corrected chi connectivity index (χ0v) is 11.5. The number of benzene rings is 1. The predicted molar refractivity (Wildman–Crippen MR) is 70.1 cm³/mol. The van der Waals surface area contributed by atoms with Crippen LogP contribution in [0.2, 0.25) is 0 Å². The number of nitrogens with zero attached hydrogens (tertiary/aromatic N) is 3. The van der Waals surface area contributed by atoms with Gasteiger partial charge in [-0.1, -0.05) is 11.3 Å². The number of hydrogen-bond acceptors (Lipinski definition) is 2. The van der Waals surface area contributed by atoms with Crippen LogP contribution in [0.4, 0.5) is 13.2 Å². The van der Waals surface area contributed by atoms with Crippen LogP contribution in [-0.4, -0.2) is 20.9 Å². The van der Waals surface area contributed by atoms with Gasteiger partial charge in [-0.2, -0.15) is 13.2 Å². The van der Waals surface area contributed by atoms with Crippen molar-refractivity contribution in [3.63, 3.8) is 0 Å². The molecule has 0 aliphatic carbocycles. The summed E-state index contributed by atoms with van der Waals surface area (Å²) in [4.78, 5) is 0. The van der Waals surface area contributed by atoms with E-state index in [1.807, 2.05) is 0 Å². The molecule has 0 spiro atoms. The summed E-state index contributed by atoms with van der Waals surface area (Å²) in [6.45, 7) is 1.73. The molecule has 0 aliphatic rings. The highest BCUT2D eigenvalue weighted by atomic mass is 35.5. The van der Waals surface area contributed by atoms with Crippen molar-refractivity contribution in [1.82, 2.24) is 15.0 Å². The lowest BCUT2D eigenvalue weighted by atomic mass is 10.1. The maximum absolute atomic E-state index is 12.7. The van der Waals surface area contributed by atoms with E-state index in [0.717, 1.165) is 18.6 Å². The molecule has 1 heterocycles. The van der Waals surface area contributed by atoms with Gasteiger partial charge in [-0.05, 0) is 37.5 Å². The Kier molecular flexibility index (Phi) is 4.32. The second-order valence-corrected chi connectivity index (χ2v) is 4.82. The fraction of sp³-hybridized carbons (Fsp3) is 0.385. The zero-order chi connectivity index (χ0) is 14.8. The normalized spacial score (nSPS) is 11.8. The lowest BCUT2D eigenvalue weighted by Gasteiger charge is -2.10. The molecule has 0 unspecified atom stereocenters. The van der Waals surface area contributed by atoms with Gasteiger partial charge in [0.15, 0.2) is 0 Å². The first kappa shape index (κ1) is 14.8. The Labute approximate surface area is 119 Å². The molecule has 7 heteroatoms. The molecule has 0 atom stereocenters. The largest absolute Gasteiger partial charge is 0.416 e. The maximum Gasteiger partial charge on any atom is 0.416 e. The van der Waals surface area contributed by atoms with Gasteiger partial charge in [0.2, 0.25) is 0 Å². The van der Waals surface area contributed by atoms with E-state index in [1.54, 1.807) is 13.1 Å². The van der Waals surface area contributed by atoms with Gasteiger partial charge in [0.1, 0.15) is 0 Å². The van der Waals surface area contributed by atoms with Crippen molar-refractivity contribution >= 4 is 11.6 Å². The van der Waals surface area contributed by atoms with Crippen molar-refractivity contribution in [2.24, 2.45) is 0 Å². The van der Waals surface area contributed by atoms with Gasteiger partial charge in [0.25, 0.3) is 0 Å². The third-order valence-corrected chi connectivity index (χ3v) is 3.16.